The van der Waals surface area contributed by atoms with Crippen LogP contribution < -0.4 is 11.5 Å². The highest BCUT2D eigenvalue weighted by molar-refractivity contribution is 5.61. The maximum Gasteiger partial charge on any atom is 0.0968 e. The summed E-state index contributed by atoms with van der Waals surface area (Å²) in [5.41, 5.74) is 11.0. The molecule has 6 nitrogen and oxygen atoms in total. The second kappa shape index (κ2) is 6.45. The average Bonchev–Trinajstić information content (AvgIpc) is 2.47. The number of hydrogen-bond donors (Lipinski definition) is 2. The summed E-state index contributed by atoms with van der Waals surface area (Å²) in [6.07, 6.45) is 5.19. The van der Waals surface area contributed by atoms with Crippen LogP contribution in [0, 0.1) is 57.2 Å². The molecule has 1 aliphatic rings. The van der Waals surface area contributed by atoms with E-state index in [1.807, 2.05) is 24.3 Å². The summed E-state index contributed by atoms with van der Waals surface area (Å²) in [4.78, 5) is 0. The highest BCUT2D eigenvalue weighted by atomic mass is 14.5. The predicted octanol–water partition coefficient (Wildman–Crippen LogP) is 0.865. The van der Waals surface area contributed by atoms with Crippen LogP contribution in [0.4, 0.5) is 0 Å². The molecular formula is C14H10N6. The van der Waals surface area contributed by atoms with E-state index in [0.29, 0.717) is 0 Å². The molecule has 96 valence electrons. The van der Waals surface area contributed by atoms with Crippen LogP contribution in [-0.2, 0) is 0 Å². The third-order valence-electron chi connectivity index (χ3n) is 2.91. The first-order valence-electron chi connectivity index (χ1n) is 5.55. The first-order chi connectivity index (χ1) is 9.69. The summed E-state index contributed by atoms with van der Waals surface area (Å²) >= 11 is 0. The fourth-order valence-electron chi connectivity index (χ4n) is 2.08. The van der Waals surface area contributed by atoms with Crippen molar-refractivity contribution in [2.45, 2.75) is 0 Å². The minimum Gasteiger partial charge on any atom is -0.405 e. The van der Waals surface area contributed by atoms with Gasteiger partial charge in [-0.3, -0.25) is 0 Å². The first kappa shape index (κ1) is 14.6. The molecule has 0 aromatic carbocycles. The van der Waals surface area contributed by atoms with Crippen molar-refractivity contribution < 1.29 is 0 Å². The Balaban J connectivity index is 3.74. The zero-order chi connectivity index (χ0) is 15.1. The first-order valence-corrected chi connectivity index (χ1v) is 5.55. The molecule has 1 rings (SSSR count). The molecule has 1 aliphatic carbocycles. The Morgan fingerprint density at radius 2 is 0.900 bits per heavy atom. The Kier molecular flexibility index (Phi) is 4.70. The van der Waals surface area contributed by atoms with Crippen molar-refractivity contribution in [2.24, 2.45) is 23.3 Å². The van der Waals surface area contributed by atoms with Gasteiger partial charge in [0.25, 0.3) is 0 Å². The lowest BCUT2D eigenvalue weighted by molar-refractivity contribution is 0.805. The molecule has 0 spiro atoms. The van der Waals surface area contributed by atoms with E-state index in [1.54, 1.807) is 0 Å². The van der Waals surface area contributed by atoms with Crippen molar-refractivity contribution in [3.63, 3.8) is 0 Å². The number of nitriles is 4. The van der Waals surface area contributed by atoms with E-state index >= 15 is 0 Å². The lowest BCUT2D eigenvalue weighted by Gasteiger charge is -2.24. The lowest BCUT2D eigenvalue weighted by atomic mass is 9.73. The Bertz CT molecular complexity index is 584. The summed E-state index contributed by atoms with van der Waals surface area (Å²) in [5.74, 6) is -1.55. The van der Waals surface area contributed by atoms with Gasteiger partial charge in [0, 0.05) is 0 Å². The van der Waals surface area contributed by atoms with Crippen LogP contribution in [0.2, 0.25) is 0 Å². The third-order valence-corrected chi connectivity index (χ3v) is 2.91. The van der Waals surface area contributed by atoms with Crippen LogP contribution in [0.1, 0.15) is 0 Å². The summed E-state index contributed by atoms with van der Waals surface area (Å²) in [5, 5.41) is 37.0. The minimum atomic E-state index is -0.776. The van der Waals surface area contributed by atoms with Crippen LogP contribution >= 0.6 is 0 Å². The highest BCUT2D eigenvalue weighted by Gasteiger charge is 2.35. The van der Waals surface area contributed by atoms with Crippen LogP contribution in [0.25, 0.3) is 0 Å². The molecule has 0 aliphatic heterocycles. The van der Waals surface area contributed by atoms with Crippen LogP contribution in [0.15, 0.2) is 46.8 Å². The molecule has 0 bridgehead atoms. The van der Waals surface area contributed by atoms with Crippen molar-refractivity contribution >= 4 is 0 Å². The molecule has 0 unspecified atom stereocenters. The molecule has 0 aromatic rings. The fourth-order valence-corrected chi connectivity index (χ4v) is 2.08. The second-order valence-electron chi connectivity index (χ2n) is 3.83. The van der Waals surface area contributed by atoms with Crippen molar-refractivity contribution in [1.29, 1.82) is 21.0 Å². The molecule has 0 amide bonds. The van der Waals surface area contributed by atoms with Crippen molar-refractivity contribution in [3.8, 4) is 24.3 Å². The number of nitrogens with zero attached hydrogens (tertiary/aromatic N) is 4. The van der Waals surface area contributed by atoms with Crippen LogP contribution in [0.5, 0.6) is 0 Å². The maximum atomic E-state index is 9.24. The summed E-state index contributed by atoms with van der Waals surface area (Å²) in [6, 6.07) is 7.67. The molecule has 0 atom stereocenters. The van der Waals surface area contributed by atoms with Gasteiger partial charge in [0.2, 0.25) is 0 Å². The summed E-state index contributed by atoms with van der Waals surface area (Å²) in [7, 11) is 0. The normalized spacial score (nSPS) is 22.4. The predicted molar refractivity (Wildman–Crippen MR) is 70.1 cm³/mol. The van der Waals surface area contributed by atoms with Gasteiger partial charge < -0.3 is 11.5 Å². The molecule has 0 saturated carbocycles. The van der Waals surface area contributed by atoms with Gasteiger partial charge in [0.1, 0.15) is 0 Å². The van der Waals surface area contributed by atoms with Crippen LogP contribution in [0.3, 0.4) is 0 Å². The molecule has 4 N–H and O–H groups in total. The van der Waals surface area contributed by atoms with Gasteiger partial charge >= 0.3 is 0 Å². The fraction of sp³-hybridized carbons (Fsp3) is 0.143. The SMILES string of the molecule is N#CC1=C(C#N)C(/C=C/N)C(C#N)=C(C#N)C1/C=C/N. The number of nitrogens with two attached hydrogens (primary N) is 2. The quantitative estimate of drug-likeness (QED) is 0.754. The van der Waals surface area contributed by atoms with E-state index < -0.39 is 11.8 Å². The number of rotatable bonds is 2. The largest absolute Gasteiger partial charge is 0.405 e. The minimum absolute atomic E-state index is 0.104. The summed E-state index contributed by atoms with van der Waals surface area (Å²) in [6.45, 7) is 0. The van der Waals surface area contributed by atoms with E-state index in [1.165, 1.54) is 24.6 Å². The van der Waals surface area contributed by atoms with Crippen LogP contribution in [-0.4, -0.2) is 0 Å². The number of hydrogen-bond acceptors (Lipinski definition) is 6. The molecule has 0 radical (unpaired) electrons. The van der Waals surface area contributed by atoms with Gasteiger partial charge in [-0.25, -0.2) is 0 Å². The van der Waals surface area contributed by atoms with Gasteiger partial charge in [-0.15, -0.1) is 0 Å². The molecule has 0 saturated heterocycles. The number of allylic oxidation sites excluding steroid dienone is 6. The lowest BCUT2D eigenvalue weighted by Crippen LogP contribution is -2.20. The molecule has 20 heavy (non-hydrogen) atoms. The zero-order valence-corrected chi connectivity index (χ0v) is 10.4. The van der Waals surface area contributed by atoms with Gasteiger partial charge in [0.15, 0.2) is 0 Å². The van der Waals surface area contributed by atoms with E-state index in [0.717, 1.165) is 0 Å². The molecule has 0 heterocycles. The zero-order valence-electron chi connectivity index (χ0n) is 10.4. The monoisotopic (exact) mass is 262 g/mol. The van der Waals surface area contributed by atoms with Crippen molar-refractivity contribution in [3.05, 3.63) is 46.8 Å². The smallest absolute Gasteiger partial charge is 0.0968 e. The average molecular weight is 262 g/mol. The van der Waals surface area contributed by atoms with E-state index in [4.69, 9.17) is 11.5 Å². The Labute approximate surface area is 116 Å². The Hall–Kier alpha value is -3.48. The van der Waals surface area contributed by atoms with Crippen molar-refractivity contribution in [2.75, 3.05) is 0 Å². The molecular weight excluding hydrogens is 252 g/mol. The van der Waals surface area contributed by atoms with Gasteiger partial charge in [-0.2, -0.15) is 21.0 Å². The third kappa shape index (κ3) is 2.23. The van der Waals surface area contributed by atoms with E-state index in [-0.39, 0.29) is 22.3 Å². The van der Waals surface area contributed by atoms with Gasteiger partial charge in [-0.1, -0.05) is 12.2 Å². The van der Waals surface area contributed by atoms with Crippen molar-refractivity contribution in [1.82, 2.24) is 0 Å². The van der Waals surface area contributed by atoms with Gasteiger partial charge in [0.05, 0.1) is 58.4 Å². The summed E-state index contributed by atoms with van der Waals surface area (Å²) < 4.78 is 0. The second-order valence-corrected chi connectivity index (χ2v) is 3.83. The molecule has 6 heteroatoms. The molecule has 0 aromatic heterocycles. The topological polar surface area (TPSA) is 147 Å². The highest BCUT2D eigenvalue weighted by Crippen LogP contribution is 2.39. The Morgan fingerprint density at radius 3 is 1.05 bits per heavy atom. The van der Waals surface area contributed by atoms with E-state index in [2.05, 4.69) is 0 Å². The van der Waals surface area contributed by atoms with Gasteiger partial charge in [-0.05, 0) is 12.4 Å². The Morgan fingerprint density at radius 1 is 0.650 bits per heavy atom. The molecule has 0 fully saturated rings. The standard InChI is InChI=1S/C14H10N6/c15-3-1-9-11(5-17)13(7-19)10(2-4-16)14(8-20)12(9)6-18/h1-4,9-10H,15-16H2/b3-1+,4-2+. The maximum absolute atomic E-state index is 9.24. The van der Waals surface area contributed by atoms with E-state index in [9.17, 15) is 21.0 Å².